The SMILES string of the molecule is CCOC(=O)c1n[nH]c(C[C@@H](CN)CC(C)C)n1. The number of hydrogen-bond acceptors (Lipinski definition) is 5. The highest BCUT2D eigenvalue weighted by Gasteiger charge is 2.16. The first kappa shape index (κ1) is 14.6. The van der Waals surface area contributed by atoms with E-state index in [1.165, 1.54) is 0 Å². The van der Waals surface area contributed by atoms with Crippen LogP contribution in [-0.4, -0.2) is 34.3 Å². The summed E-state index contributed by atoms with van der Waals surface area (Å²) in [5.74, 6) is 1.23. The summed E-state index contributed by atoms with van der Waals surface area (Å²) in [5, 5.41) is 6.62. The largest absolute Gasteiger partial charge is 0.460 e. The van der Waals surface area contributed by atoms with Crippen molar-refractivity contribution in [2.45, 2.75) is 33.6 Å². The van der Waals surface area contributed by atoms with Crippen LogP contribution in [0.4, 0.5) is 0 Å². The molecular weight excluding hydrogens is 232 g/mol. The first-order chi connectivity index (χ1) is 8.56. The quantitative estimate of drug-likeness (QED) is 0.712. The van der Waals surface area contributed by atoms with Crippen molar-refractivity contribution in [3.63, 3.8) is 0 Å². The zero-order chi connectivity index (χ0) is 13.5. The van der Waals surface area contributed by atoms with Gasteiger partial charge in [-0.05, 0) is 31.7 Å². The van der Waals surface area contributed by atoms with Gasteiger partial charge >= 0.3 is 5.97 Å². The summed E-state index contributed by atoms with van der Waals surface area (Å²) in [6, 6.07) is 0. The van der Waals surface area contributed by atoms with E-state index in [2.05, 4.69) is 29.0 Å². The van der Waals surface area contributed by atoms with Crippen LogP contribution in [0.5, 0.6) is 0 Å². The smallest absolute Gasteiger partial charge is 0.378 e. The van der Waals surface area contributed by atoms with Crippen LogP contribution in [0.1, 0.15) is 43.6 Å². The number of nitrogens with zero attached hydrogens (tertiary/aromatic N) is 2. The number of aromatic amines is 1. The second kappa shape index (κ2) is 7.10. The number of carbonyl (C=O) groups excluding carboxylic acids is 1. The number of nitrogens with two attached hydrogens (primary N) is 1. The molecule has 0 amide bonds. The molecule has 0 bridgehead atoms. The van der Waals surface area contributed by atoms with Gasteiger partial charge < -0.3 is 10.5 Å². The van der Waals surface area contributed by atoms with Crippen LogP contribution >= 0.6 is 0 Å². The van der Waals surface area contributed by atoms with E-state index >= 15 is 0 Å². The molecule has 3 N–H and O–H groups in total. The summed E-state index contributed by atoms with van der Waals surface area (Å²) in [6.45, 7) is 6.99. The van der Waals surface area contributed by atoms with Crippen LogP contribution in [0.15, 0.2) is 0 Å². The molecule has 6 heteroatoms. The molecule has 0 aliphatic carbocycles. The molecule has 0 aromatic carbocycles. The highest BCUT2D eigenvalue weighted by atomic mass is 16.5. The highest BCUT2D eigenvalue weighted by molar-refractivity contribution is 5.84. The minimum Gasteiger partial charge on any atom is -0.460 e. The minimum absolute atomic E-state index is 0.0900. The topological polar surface area (TPSA) is 93.9 Å². The van der Waals surface area contributed by atoms with Gasteiger partial charge in [0.2, 0.25) is 0 Å². The molecule has 0 aliphatic heterocycles. The molecular formula is C12H22N4O2. The van der Waals surface area contributed by atoms with Crippen molar-refractivity contribution in [2.75, 3.05) is 13.2 Å². The minimum atomic E-state index is -0.492. The summed E-state index contributed by atoms with van der Waals surface area (Å²) in [4.78, 5) is 15.5. The molecule has 1 aromatic heterocycles. The number of ether oxygens (including phenoxy) is 1. The molecule has 0 aliphatic rings. The third-order valence-electron chi connectivity index (χ3n) is 2.61. The molecule has 0 radical (unpaired) electrons. The van der Waals surface area contributed by atoms with Gasteiger partial charge in [-0.15, -0.1) is 5.10 Å². The number of esters is 1. The Hall–Kier alpha value is -1.43. The molecule has 18 heavy (non-hydrogen) atoms. The maximum atomic E-state index is 11.4. The van der Waals surface area contributed by atoms with Crippen LogP contribution in [0.3, 0.4) is 0 Å². The fraction of sp³-hybridized carbons (Fsp3) is 0.750. The molecule has 0 saturated carbocycles. The van der Waals surface area contributed by atoms with Crippen LogP contribution in [0.2, 0.25) is 0 Å². The van der Waals surface area contributed by atoms with Gasteiger partial charge in [0.15, 0.2) is 0 Å². The van der Waals surface area contributed by atoms with E-state index in [9.17, 15) is 4.79 Å². The third-order valence-corrected chi connectivity index (χ3v) is 2.61. The van der Waals surface area contributed by atoms with Crippen LogP contribution < -0.4 is 5.73 Å². The second-order valence-corrected chi connectivity index (χ2v) is 4.76. The lowest BCUT2D eigenvalue weighted by atomic mass is 9.94. The molecule has 6 nitrogen and oxygen atoms in total. The van der Waals surface area contributed by atoms with Gasteiger partial charge in [-0.1, -0.05) is 13.8 Å². The van der Waals surface area contributed by atoms with E-state index in [0.717, 1.165) is 6.42 Å². The Morgan fingerprint density at radius 2 is 2.22 bits per heavy atom. The third kappa shape index (κ3) is 4.44. The summed E-state index contributed by atoms with van der Waals surface area (Å²) in [6.07, 6.45) is 1.74. The van der Waals surface area contributed by atoms with Crippen LogP contribution in [0, 0.1) is 11.8 Å². The Labute approximate surface area is 107 Å². The summed E-state index contributed by atoms with van der Waals surface area (Å²) in [7, 11) is 0. The van der Waals surface area contributed by atoms with Gasteiger partial charge in [-0.25, -0.2) is 9.78 Å². The maximum absolute atomic E-state index is 11.4. The van der Waals surface area contributed by atoms with E-state index in [0.29, 0.717) is 37.2 Å². The molecule has 1 aromatic rings. The highest BCUT2D eigenvalue weighted by Crippen LogP contribution is 2.14. The van der Waals surface area contributed by atoms with Gasteiger partial charge in [-0.2, -0.15) is 0 Å². The van der Waals surface area contributed by atoms with Crippen molar-refractivity contribution in [1.29, 1.82) is 0 Å². The number of aromatic nitrogens is 3. The maximum Gasteiger partial charge on any atom is 0.378 e. The first-order valence-electron chi connectivity index (χ1n) is 6.35. The Morgan fingerprint density at radius 3 is 2.78 bits per heavy atom. The zero-order valence-electron chi connectivity index (χ0n) is 11.3. The van der Waals surface area contributed by atoms with E-state index in [4.69, 9.17) is 10.5 Å². The normalized spacial score (nSPS) is 12.7. The lowest BCUT2D eigenvalue weighted by Crippen LogP contribution is -2.19. The molecule has 102 valence electrons. The molecule has 0 spiro atoms. The van der Waals surface area contributed by atoms with Gasteiger partial charge in [0.1, 0.15) is 5.82 Å². The molecule has 1 rings (SSSR count). The van der Waals surface area contributed by atoms with Crippen molar-refractivity contribution < 1.29 is 9.53 Å². The average Bonchev–Trinajstić information content (AvgIpc) is 2.76. The number of H-pyrrole nitrogens is 1. The Morgan fingerprint density at radius 1 is 1.50 bits per heavy atom. The number of nitrogens with one attached hydrogen (secondary N) is 1. The predicted molar refractivity (Wildman–Crippen MR) is 68.0 cm³/mol. The summed E-state index contributed by atoms with van der Waals surface area (Å²) in [5.41, 5.74) is 5.73. The lowest BCUT2D eigenvalue weighted by Gasteiger charge is -2.14. The van der Waals surface area contributed by atoms with Crippen molar-refractivity contribution in [3.8, 4) is 0 Å². The average molecular weight is 254 g/mol. The Kier molecular flexibility index (Phi) is 5.77. The van der Waals surface area contributed by atoms with E-state index in [-0.39, 0.29) is 5.82 Å². The fourth-order valence-corrected chi connectivity index (χ4v) is 1.88. The summed E-state index contributed by atoms with van der Waals surface area (Å²) < 4.78 is 4.83. The second-order valence-electron chi connectivity index (χ2n) is 4.76. The van der Waals surface area contributed by atoms with Crippen molar-refractivity contribution in [2.24, 2.45) is 17.6 Å². The van der Waals surface area contributed by atoms with Gasteiger partial charge in [0, 0.05) is 6.42 Å². The van der Waals surface area contributed by atoms with Crippen molar-refractivity contribution >= 4 is 5.97 Å². The van der Waals surface area contributed by atoms with E-state index < -0.39 is 5.97 Å². The fourth-order valence-electron chi connectivity index (χ4n) is 1.88. The van der Waals surface area contributed by atoms with E-state index in [1.807, 2.05) is 0 Å². The number of hydrogen-bond donors (Lipinski definition) is 2. The lowest BCUT2D eigenvalue weighted by molar-refractivity contribution is 0.0512. The van der Waals surface area contributed by atoms with Crippen LogP contribution in [-0.2, 0) is 11.2 Å². The molecule has 0 saturated heterocycles. The number of carbonyl (C=O) groups is 1. The molecule has 1 atom stereocenters. The first-order valence-corrected chi connectivity index (χ1v) is 6.35. The number of rotatable bonds is 7. The predicted octanol–water partition coefficient (Wildman–Crippen LogP) is 1.14. The molecule has 1 heterocycles. The van der Waals surface area contributed by atoms with E-state index in [1.54, 1.807) is 6.92 Å². The monoisotopic (exact) mass is 254 g/mol. The van der Waals surface area contributed by atoms with Crippen molar-refractivity contribution in [1.82, 2.24) is 15.2 Å². The van der Waals surface area contributed by atoms with Crippen molar-refractivity contribution in [3.05, 3.63) is 11.6 Å². The Bertz CT molecular complexity index is 376. The zero-order valence-corrected chi connectivity index (χ0v) is 11.3. The van der Waals surface area contributed by atoms with Crippen LogP contribution in [0.25, 0.3) is 0 Å². The van der Waals surface area contributed by atoms with Gasteiger partial charge in [0.05, 0.1) is 6.61 Å². The standard InChI is InChI=1S/C12H22N4O2/c1-4-18-12(17)11-14-10(15-16-11)6-9(7-13)5-8(2)3/h8-9H,4-7,13H2,1-3H3,(H,14,15,16)/t9-/m0/s1. The molecule has 0 fully saturated rings. The summed E-state index contributed by atoms with van der Waals surface area (Å²) >= 11 is 0. The van der Waals surface area contributed by atoms with Gasteiger partial charge in [-0.3, -0.25) is 5.10 Å². The Balaban J connectivity index is 2.59. The van der Waals surface area contributed by atoms with Gasteiger partial charge in [0.25, 0.3) is 5.82 Å². The molecule has 0 unspecified atom stereocenters.